The Morgan fingerprint density at radius 3 is 2.50 bits per heavy atom. The van der Waals surface area contributed by atoms with E-state index in [1.165, 1.54) is 6.92 Å². The van der Waals surface area contributed by atoms with Crippen molar-refractivity contribution < 1.29 is 14.3 Å². The van der Waals surface area contributed by atoms with Crippen LogP contribution in [0.3, 0.4) is 0 Å². The van der Waals surface area contributed by atoms with Crippen molar-refractivity contribution in [3.8, 4) is 5.75 Å². The maximum absolute atomic E-state index is 12.8. The Morgan fingerprint density at radius 1 is 1.07 bits per heavy atom. The molecule has 0 saturated carbocycles. The predicted molar refractivity (Wildman–Crippen MR) is 118 cm³/mol. The minimum absolute atomic E-state index is 0.0998. The van der Waals surface area contributed by atoms with Gasteiger partial charge >= 0.3 is 0 Å². The fourth-order valence-electron chi connectivity index (χ4n) is 3.03. The van der Waals surface area contributed by atoms with E-state index in [4.69, 9.17) is 16.3 Å². The quantitative estimate of drug-likeness (QED) is 0.671. The average molecular weight is 423 g/mol. The summed E-state index contributed by atoms with van der Waals surface area (Å²) >= 11 is 5.94. The van der Waals surface area contributed by atoms with Gasteiger partial charge in [-0.15, -0.1) is 0 Å². The topological polar surface area (TPSA) is 67.4 Å². The summed E-state index contributed by atoms with van der Waals surface area (Å²) in [5.41, 5.74) is 1.45. The number of amides is 2. The van der Waals surface area contributed by atoms with Gasteiger partial charge in [-0.05, 0) is 35.9 Å². The molecule has 1 atom stereocenters. The molecule has 2 N–H and O–H groups in total. The molecule has 1 aliphatic rings. The second-order valence-corrected chi connectivity index (χ2v) is 7.24. The number of rotatable bonds is 7. The molecule has 2 aromatic rings. The van der Waals surface area contributed by atoms with Crippen molar-refractivity contribution in [2.45, 2.75) is 25.8 Å². The Morgan fingerprint density at radius 2 is 1.80 bits per heavy atom. The lowest BCUT2D eigenvalue weighted by molar-refractivity contribution is -0.122. The van der Waals surface area contributed by atoms with Gasteiger partial charge in [-0.3, -0.25) is 9.59 Å². The summed E-state index contributed by atoms with van der Waals surface area (Å²) in [6, 6.07) is 16.0. The number of allylic oxidation sites excluding steroid dienone is 4. The van der Waals surface area contributed by atoms with Crippen molar-refractivity contribution in [3.05, 3.63) is 101 Å². The first-order chi connectivity index (χ1) is 14.5. The van der Waals surface area contributed by atoms with Crippen LogP contribution < -0.4 is 15.4 Å². The van der Waals surface area contributed by atoms with Gasteiger partial charge in [-0.2, -0.15) is 0 Å². The number of carbonyl (C=O) groups excluding carboxylic acids is 2. The van der Waals surface area contributed by atoms with Crippen molar-refractivity contribution in [3.63, 3.8) is 0 Å². The van der Waals surface area contributed by atoms with Crippen LogP contribution in [0.4, 0.5) is 0 Å². The molecule has 0 heterocycles. The van der Waals surface area contributed by atoms with Crippen LogP contribution in [0.5, 0.6) is 5.75 Å². The number of carbonyl (C=O) groups is 2. The van der Waals surface area contributed by atoms with E-state index in [0.717, 1.165) is 5.56 Å². The van der Waals surface area contributed by atoms with E-state index in [-0.39, 0.29) is 18.2 Å². The second kappa shape index (κ2) is 10.5. The molecule has 0 bridgehead atoms. The lowest BCUT2D eigenvalue weighted by atomic mass is 10.0. The Labute approximate surface area is 181 Å². The highest BCUT2D eigenvalue weighted by atomic mass is 35.5. The van der Waals surface area contributed by atoms with Crippen LogP contribution in [0.1, 0.15) is 31.4 Å². The SMILES string of the molecule is CC(=O)NC(CC(=O)NC1=C(Oc2ccc(Cl)cc2)CC=CC=C1)c1ccccc1. The zero-order valence-corrected chi connectivity index (χ0v) is 17.4. The van der Waals surface area contributed by atoms with Gasteiger partial charge in [0, 0.05) is 18.4 Å². The van der Waals surface area contributed by atoms with Crippen molar-refractivity contribution in [2.24, 2.45) is 0 Å². The third kappa shape index (κ3) is 6.36. The van der Waals surface area contributed by atoms with Crippen molar-refractivity contribution >= 4 is 23.4 Å². The molecule has 2 aromatic carbocycles. The number of ether oxygens (including phenoxy) is 1. The van der Waals surface area contributed by atoms with Gasteiger partial charge in [0.2, 0.25) is 11.8 Å². The van der Waals surface area contributed by atoms with E-state index in [9.17, 15) is 9.59 Å². The number of halogens is 1. The summed E-state index contributed by atoms with van der Waals surface area (Å²) in [5, 5.41) is 6.39. The summed E-state index contributed by atoms with van der Waals surface area (Å²) in [6.45, 7) is 1.44. The van der Waals surface area contributed by atoms with E-state index in [1.54, 1.807) is 30.3 Å². The molecule has 2 amide bonds. The van der Waals surface area contributed by atoms with E-state index < -0.39 is 6.04 Å². The summed E-state index contributed by atoms with van der Waals surface area (Å²) in [4.78, 5) is 24.4. The van der Waals surface area contributed by atoms with E-state index >= 15 is 0 Å². The molecular weight excluding hydrogens is 400 g/mol. The second-order valence-electron chi connectivity index (χ2n) is 6.80. The van der Waals surface area contributed by atoms with Gasteiger partial charge in [-0.25, -0.2) is 0 Å². The number of hydrogen-bond donors (Lipinski definition) is 2. The van der Waals surface area contributed by atoms with Crippen LogP contribution in [0.15, 0.2) is 90.4 Å². The lowest BCUT2D eigenvalue weighted by Gasteiger charge is -2.19. The van der Waals surface area contributed by atoms with Crippen LogP contribution >= 0.6 is 11.6 Å². The summed E-state index contributed by atoms with van der Waals surface area (Å²) < 4.78 is 5.99. The molecule has 30 heavy (non-hydrogen) atoms. The molecule has 0 saturated heterocycles. The highest BCUT2D eigenvalue weighted by Crippen LogP contribution is 2.23. The van der Waals surface area contributed by atoms with Crippen molar-refractivity contribution in [1.82, 2.24) is 10.6 Å². The fourth-order valence-corrected chi connectivity index (χ4v) is 3.16. The van der Waals surface area contributed by atoms with E-state index in [0.29, 0.717) is 28.6 Å². The molecule has 0 aromatic heterocycles. The highest BCUT2D eigenvalue weighted by Gasteiger charge is 2.19. The van der Waals surface area contributed by atoms with Crippen LogP contribution in [0.25, 0.3) is 0 Å². The van der Waals surface area contributed by atoms with Crippen LogP contribution in [0.2, 0.25) is 5.02 Å². The molecule has 6 heteroatoms. The third-order valence-electron chi connectivity index (χ3n) is 4.41. The van der Waals surface area contributed by atoms with Gasteiger partial charge < -0.3 is 15.4 Å². The lowest BCUT2D eigenvalue weighted by Crippen LogP contribution is -2.32. The zero-order chi connectivity index (χ0) is 21.3. The number of hydrogen-bond acceptors (Lipinski definition) is 3. The molecule has 1 unspecified atom stereocenters. The Hall–Kier alpha value is -3.31. The van der Waals surface area contributed by atoms with Crippen LogP contribution in [-0.4, -0.2) is 11.8 Å². The summed E-state index contributed by atoms with van der Waals surface area (Å²) in [5.74, 6) is 0.828. The van der Waals surface area contributed by atoms with E-state index in [1.807, 2.05) is 48.6 Å². The largest absolute Gasteiger partial charge is 0.459 e. The summed E-state index contributed by atoms with van der Waals surface area (Å²) in [7, 11) is 0. The molecule has 0 aliphatic heterocycles. The molecule has 0 radical (unpaired) electrons. The first kappa shape index (κ1) is 21.4. The van der Waals surface area contributed by atoms with Crippen molar-refractivity contribution in [1.29, 1.82) is 0 Å². The molecule has 3 rings (SSSR count). The van der Waals surface area contributed by atoms with E-state index in [2.05, 4.69) is 10.6 Å². The normalized spacial score (nSPS) is 14.1. The third-order valence-corrected chi connectivity index (χ3v) is 4.66. The number of nitrogens with one attached hydrogen (secondary N) is 2. The minimum atomic E-state index is -0.419. The monoisotopic (exact) mass is 422 g/mol. The molecule has 5 nitrogen and oxygen atoms in total. The first-order valence-corrected chi connectivity index (χ1v) is 10.0. The molecule has 1 aliphatic carbocycles. The number of benzene rings is 2. The van der Waals surface area contributed by atoms with Gasteiger partial charge in [0.15, 0.2) is 0 Å². The Kier molecular flexibility index (Phi) is 7.46. The zero-order valence-electron chi connectivity index (χ0n) is 16.6. The molecule has 0 fully saturated rings. The smallest absolute Gasteiger partial charge is 0.226 e. The van der Waals surface area contributed by atoms with Crippen molar-refractivity contribution in [2.75, 3.05) is 0 Å². The summed E-state index contributed by atoms with van der Waals surface area (Å²) in [6.07, 6.45) is 8.11. The predicted octanol–water partition coefficient (Wildman–Crippen LogP) is 4.83. The molecule has 0 spiro atoms. The Balaban J connectivity index is 1.76. The highest BCUT2D eigenvalue weighted by molar-refractivity contribution is 6.30. The maximum Gasteiger partial charge on any atom is 0.226 e. The van der Waals surface area contributed by atoms with Gasteiger partial charge in [-0.1, -0.05) is 60.2 Å². The average Bonchev–Trinajstić information content (AvgIpc) is 2.94. The van der Waals surface area contributed by atoms with Gasteiger partial charge in [0.25, 0.3) is 0 Å². The maximum atomic E-state index is 12.8. The molecular formula is C24H23ClN2O3. The first-order valence-electron chi connectivity index (χ1n) is 9.63. The van der Waals surface area contributed by atoms with Crippen LogP contribution in [0, 0.1) is 0 Å². The Bertz CT molecular complexity index is 979. The van der Waals surface area contributed by atoms with Gasteiger partial charge in [0.05, 0.1) is 18.2 Å². The standard InChI is InChI=1S/C24H23ClN2O3/c1-17(28)26-22(18-8-4-2-5-9-18)16-24(29)27-21-10-6-3-7-11-23(21)30-20-14-12-19(25)13-15-20/h2-10,12-15,22H,11,16H2,1H3,(H,26,28)(H,27,29). The fraction of sp³-hybridized carbons (Fsp3) is 0.167. The van der Waals surface area contributed by atoms with Gasteiger partial charge in [0.1, 0.15) is 11.5 Å². The van der Waals surface area contributed by atoms with Crippen LogP contribution in [-0.2, 0) is 9.59 Å². The minimum Gasteiger partial charge on any atom is -0.459 e. The molecule has 154 valence electrons.